The Morgan fingerprint density at radius 2 is 2.00 bits per heavy atom. The Kier molecular flexibility index (Phi) is 5.50. The molecule has 0 radical (unpaired) electrons. The molecule has 0 spiro atoms. The van der Waals surface area contributed by atoms with E-state index in [2.05, 4.69) is 53.5 Å². The van der Waals surface area contributed by atoms with Crippen LogP contribution in [0.3, 0.4) is 0 Å². The average molecular weight is 380 g/mol. The molecule has 1 N–H and O–H groups in total. The van der Waals surface area contributed by atoms with Crippen molar-refractivity contribution in [2.24, 2.45) is 0 Å². The van der Waals surface area contributed by atoms with Gasteiger partial charge in [0, 0.05) is 19.0 Å². The quantitative estimate of drug-likeness (QED) is 0.704. The summed E-state index contributed by atoms with van der Waals surface area (Å²) in [5.74, 6) is 0.874. The largest absolute Gasteiger partial charge is 0.354 e. The van der Waals surface area contributed by atoms with Crippen LogP contribution in [0.1, 0.15) is 35.8 Å². The van der Waals surface area contributed by atoms with Crippen molar-refractivity contribution in [2.45, 2.75) is 25.2 Å². The number of aromatic nitrogens is 1. The molecule has 0 bridgehead atoms. The van der Waals surface area contributed by atoms with E-state index < -0.39 is 0 Å². The van der Waals surface area contributed by atoms with E-state index >= 15 is 0 Å². The summed E-state index contributed by atoms with van der Waals surface area (Å²) in [6.45, 7) is 5.19. The van der Waals surface area contributed by atoms with E-state index in [1.165, 1.54) is 10.3 Å². The molecule has 0 saturated carbocycles. The van der Waals surface area contributed by atoms with Gasteiger partial charge in [-0.2, -0.15) is 0 Å². The highest BCUT2D eigenvalue weighted by Gasteiger charge is 2.25. The zero-order chi connectivity index (χ0) is 18.6. The van der Waals surface area contributed by atoms with Gasteiger partial charge < -0.3 is 5.32 Å². The lowest BCUT2D eigenvalue weighted by atomic mass is 9.99. The Hall–Kier alpha value is -2.24. The predicted molar refractivity (Wildman–Crippen MR) is 111 cm³/mol. The summed E-state index contributed by atoms with van der Waals surface area (Å²) in [6, 6.07) is 18.8. The third kappa shape index (κ3) is 4.37. The molecule has 4 nitrogen and oxygen atoms in total. The number of benzene rings is 2. The van der Waals surface area contributed by atoms with E-state index in [4.69, 9.17) is 4.98 Å². The number of amides is 1. The van der Waals surface area contributed by atoms with Crippen molar-refractivity contribution < 1.29 is 4.79 Å². The van der Waals surface area contributed by atoms with Crippen LogP contribution in [0.5, 0.6) is 0 Å². The van der Waals surface area contributed by atoms with Crippen molar-refractivity contribution in [2.75, 3.05) is 26.2 Å². The highest BCUT2D eigenvalue weighted by atomic mass is 32.1. The van der Waals surface area contributed by atoms with Crippen LogP contribution >= 0.6 is 11.3 Å². The monoisotopic (exact) mass is 379 g/mol. The molecule has 1 aliphatic heterocycles. The van der Waals surface area contributed by atoms with Crippen LogP contribution in [-0.4, -0.2) is 42.0 Å². The van der Waals surface area contributed by atoms with Gasteiger partial charge in [0.05, 0.1) is 21.8 Å². The average Bonchev–Trinajstić information content (AvgIpc) is 3.33. The van der Waals surface area contributed by atoms with Crippen LogP contribution in [0, 0.1) is 0 Å². The Morgan fingerprint density at radius 3 is 2.81 bits per heavy atom. The highest BCUT2D eigenvalue weighted by Crippen LogP contribution is 2.28. The van der Waals surface area contributed by atoms with Gasteiger partial charge in [-0.25, -0.2) is 4.98 Å². The summed E-state index contributed by atoms with van der Waals surface area (Å²) in [5.41, 5.74) is 2.42. The number of thiazole rings is 1. The van der Waals surface area contributed by atoms with Gasteiger partial charge in [-0.05, 0) is 36.6 Å². The molecule has 2 heterocycles. The van der Waals surface area contributed by atoms with Crippen molar-refractivity contribution >= 4 is 27.5 Å². The number of para-hydroxylation sites is 1. The van der Waals surface area contributed by atoms with E-state index in [-0.39, 0.29) is 11.8 Å². The van der Waals surface area contributed by atoms with E-state index in [0.717, 1.165) is 30.0 Å². The second kappa shape index (κ2) is 8.19. The maximum atomic E-state index is 12.4. The second-order valence-corrected chi connectivity index (χ2v) is 8.42. The molecule has 0 aliphatic carbocycles. The number of rotatable bonds is 6. The lowest BCUT2D eigenvalue weighted by molar-refractivity contribution is -0.122. The molecular formula is C22H25N3OS. The van der Waals surface area contributed by atoms with Gasteiger partial charge in [0.2, 0.25) is 5.91 Å². The molecule has 1 amide bonds. The van der Waals surface area contributed by atoms with Crippen molar-refractivity contribution in [3.63, 3.8) is 0 Å². The molecule has 5 heteroatoms. The SMILES string of the molecule is CC(CNC(=O)CN1CCC(c2ccccc2)C1)c1nc2ccccc2s1. The third-order valence-corrected chi connectivity index (χ3v) is 6.52. The second-order valence-electron chi connectivity index (χ2n) is 7.36. The first-order chi connectivity index (χ1) is 13.2. The summed E-state index contributed by atoms with van der Waals surface area (Å²) in [7, 11) is 0. The van der Waals surface area contributed by atoms with Crippen molar-refractivity contribution in [1.82, 2.24) is 15.2 Å². The van der Waals surface area contributed by atoms with Gasteiger partial charge in [0.1, 0.15) is 0 Å². The van der Waals surface area contributed by atoms with Gasteiger partial charge >= 0.3 is 0 Å². The molecule has 1 fully saturated rings. The minimum atomic E-state index is 0.108. The van der Waals surface area contributed by atoms with Crippen LogP contribution in [0.15, 0.2) is 54.6 Å². The fourth-order valence-corrected chi connectivity index (χ4v) is 4.71. The summed E-state index contributed by atoms with van der Waals surface area (Å²) in [6.07, 6.45) is 1.12. The smallest absolute Gasteiger partial charge is 0.234 e. The van der Waals surface area contributed by atoms with Crippen LogP contribution in [0.4, 0.5) is 0 Å². The molecule has 140 valence electrons. The fourth-order valence-electron chi connectivity index (χ4n) is 3.69. The first-order valence-corrected chi connectivity index (χ1v) is 10.4. The summed E-state index contributed by atoms with van der Waals surface area (Å²) in [4.78, 5) is 19.3. The number of likely N-dealkylation sites (tertiary alicyclic amines) is 1. The first-order valence-electron chi connectivity index (χ1n) is 9.58. The van der Waals surface area contributed by atoms with Crippen molar-refractivity contribution in [3.8, 4) is 0 Å². The molecular weight excluding hydrogens is 354 g/mol. The number of hydrogen-bond acceptors (Lipinski definition) is 4. The number of carbonyl (C=O) groups is 1. The molecule has 2 aromatic carbocycles. The zero-order valence-electron chi connectivity index (χ0n) is 15.6. The summed E-state index contributed by atoms with van der Waals surface area (Å²) in [5, 5.41) is 4.18. The molecule has 4 rings (SSSR count). The standard InChI is InChI=1S/C22H25N3OS/c1-16(22-24-19-9-5-6-10-20(19)27-22)13-23-21(26)15-25-12-11-18(14-25)17-7-3-2-4-8-17/h2-10,16,18H,11-15H2,1H3,(H,23,26). The van der Waals surface area contributed by atoms with Gasteiger partial charge in [-0.1, -0.05) is 49.4 Å². The van der Waals surface area contributed by atoms with Crippen LogP contribution in [0.2, 0.25) is 0 Å². The molecule has 2 atom stereocenters. The van der Waals surface area contributed by atoms with Gasteiger partial charge in [-0.15, -0.1) is 11.3 Å². The van der Waals surface area contributed by atoms with Gasteiger partial charge in [-0.3, -0.25) is 9.69 Å². The lowest BCUT2D eigenvalue weighted by Gasteiger charge is -2.17. The number of hydrogen-bond donors (Lipinski definition) is 1. The van der Waals surface area contributed by atoms with E-state index in [0.29, 0.717) is 19.0 Å². The minimum Gasteiger partial charge on any atom is -0.354 e. The topological polar surface area (TPSA) is 45.2 Å². The fraction of sp³-hybridized carbons (Fsp3) is 0.364. The maximum absolute atomic E-state index is 12.4. The van der Waals surface area contributed by atoms with Crippen molar-refractivity contribution in [3.05, 3.63) is 65.2 Å². The molecule has 1 saturated heterocycles. The summed E-state index contributed by atoms with van der Waals surface area (Å²) < 4.78 is 1.20. The molecule has 1 aliphatic rings. The van der Waals surface area contributed by atoms with E-state index in [1.807, 2.05) is 18.2 Å². The van der Waals surface area contributed by atoms with Crippen LogP contribution in [-0.2, 0) is 4.79 Å². The Morgan fingerprint density at radius 1 is 1.22 bits per heavy atom. The zero-order valence-corrected chi connectivity index (χ0v) is 16.4. The molecule has 3 aromatic rings. The van der Waals surface area contributed by atoms with E-state index in [1.54, 1.807) is 11.3 Å². The molecule has 1 aromatic heterocycles. The Balaban J connectivity index is 1.26. The molecule has 27 heavy (non-hydrogen) atoms. The third-order valence-electron chi connectivity index (χ3n) is 5.25. The Labute approximate surface area is 164 Å². The lowest BCUT2D eigenvalue weighted by Crippen LogP contribution is -2.37. The van der Waals surface area contributed by atoms with Crippen LogP contribution < -0.4 is 5.32 Å². The Bertz CT molecular complexity index is 875. The van der Waals surface area contributed by atoms with Crippen LogP contribution in [0.25, 0.3) is 10.2 Å². The van der Waals surface area contributed by atoms with Crippen molar-refractivity contribution in [1.29, 1.82) is 0 Å². The maximum Gasteiger partial charge on any atom is 0.234 e. The number of fused-ring (bicyclic) bond motifs is 1. The first kappa shape index (κ1) is 18.1. The van der Waals surface area contributed by atoms with Gasteiger partial charge in [0.25, 0.3) is 0 Å². The molecule has 2 unspecified atom stereocenters. The predicted octanol–water partition coefficient (Wildman–Crippen LogP) is 4.01. The highest BCUT2D eigenvalue weighted by molar-refractivity contribution is 7.18. The number of carbonyl (C=O) groups excluding carboxylic acids is 1. The number of nitrogens with one attached hydrogen (secondary N) is 1. The number of nitrogens with zero attached hydrogens (tertiary/aromatic N) is 2. The van der Waals surface area contributed by atoms with E-state index in [9.17, 15) is 4.79 Å². The van der Waals surface area contributed by atoms with Gasteiger partial charge in [0.15, 0.2) is 0 Å². The minimum absolute atomic E-state index is 0.108. The normalized spacial score (nSPS) is 18.6. The summed E-state index contributed by atoms with van der Waals surface area (Å²) >= 11 is 1.72.